The van der Waals surface area contributed by atoms with Gasteiger partial charge in [-0.1, -0.05) is 0 Å². The Bertz CT molecular complexity index is 1290. The zero-order valence-corrected chi connectivity index (χ0v) is 26.6. The third-order valence-electron chi connectivity index (χ3n) is 8.04. The van der Waals surface area contributed by atoms with Crippen LogP contribution in [0.1, 0.15) is 0 Å². The Morgan fingerprint density at radius 1 is 0.571 bits per heavy atom. The van der Waals surface area contributed by atoms with E-state index >= 15 is 0 Å². The highest BCUT2D eigenvalue weighted by atomic mass is 32.3. The van der Waals surface area contributed by atoms with Gasteiger partial charge in [-0.15, -0.1) is 0 Å². The Morgan fingerprint density at radius 2 is 1.04 bits per heavy atom. The summed E-state index contributed by atoms with van der Waals surface area (Å²) in [6, 6.07) is -3.06. The molecule has 0 aromatic carbocycles. The van der Waals surface area contributed by atoms with Crippen molar-refractivity contribution in [3.63, 3.8) is 0 Å². The van der Waals surface area contributed by atoms with Crippen molar-refractivity contribution in [3.8, 4) is 0 Å². The quantitative estimate of drug-likeness (QED) is 0.0821. The maximum absolute atomic E-state index is 11.7. The van der Waals surface area contributed by atoms with Gasteiger partial charge in [-0.2, -0.15) is 16.8 Å². The van der Waals surface area contributed by atoms with Gasteiger partial charge < -0.3 is 85.5 Å². The molecule has 0 aromatic heterocycles. The summed E-state index contributed by atoms with van der Waals surface area (Å²) in [5.74, 6) is 0. The average Bonchev–Trinajstić information content (AvgIpc) is 3.02. The molecular weight excluding hydrogens is 724 g/mol. The lowest BCUT2D eigenvalue weighted by Crippen LogP contribution is -2.67. The number of hydrogen-bond acceptors (Lipinski definition) is 23. The minimum atomic E-state index is -5.36. The number of aliphatic hydroxyl groups is 8. The van der Waals surface area contributed by atoms with E-state index in [2.05, 4.69) is 8.37 Å². The number of aliphatic hydroxyl groups excluding tert-OH is 8. The first kappa shape index (κ1) is 40.8. The van der Waals surface area contributed by atoms with E-state index in [0.717, 1.165) is 0 Å². The summed E-state index contributed by atoms with van der Waals surface area (Å²) < 4.78 is 111. The highest BCUT2D eigenvalue weighted by Gasteiger charge is 2.53. The first-order chi connectivity index (χ1) is 22.8. The third-order valence-corrected chi connectivity index (χ3v) is 8.97. The Balaban J connectivity index is 1.46. The van der Waals surface area contributed by atoms with Gasteiger partial charge in [-0.05, 0) is 0 Å². The molecule has 4 aliphatic rings. The van der Waals surface area contributed by atoms with Gasteiger partial charge in [0.2, 0.25) is 0 Å². The second-order valence-corrected chi connectivity index (χ2v) is 13.5. The normalized spacial score (nSPS) is 47.2. The van der Waals surface area contributed by atoms with Crippen molar-refractivity contribution in [2.24, 2.45) is 11.5 Å². The van der Waals surface area contributed by atoms with E-state index in [0.29, 0.717) is 0 Å². The minimum absolute atomic E-state index is 0.608. The van der Waals surface area contributed by atoms with Crippen LogP contribution in [0.15, 0.2) is 0 Å². The van der Waals surface area contributed by atoms with Crippen LogP contribution in [0.3, 0.4) is 0 Å². The Hall–Kier alpha value is -0.940. The lowest BCUT2D eigenvalue weighted by Gasteiger charge is -2.47. The van der Waals surface area contributed by atoms with Crippen LogP contribution in [0.4, 0.5) is 0 Å². The second-order valence-electron chi connectivity index (χ2n) is 11.4. The molecule has 4 rings (SSSR count). The maximum atomic E-state index is 11.7. The standard InChI is InChI=1S/C22H40N2O23S2/c23-9-14(30)11(27)5(1-25)41-20(9)44-8-4-40-22(18(13(8)29)47-49(36,37)38)45-16-6(2-26)42-21(10(24)15(16)31)43-7-3-39-19(32)17(12(7)28)46-48(33,34)35/h5-22,25-32H,1-4,23-24H2,(H,33,34,35)(H,36,37,38)/t5?,6?,7-,8+,9?,10?,11+,12?,13-,14+,15+,16+,17?,18?,19-,20+,21+,22-/m0/s1. The fourth-order valence-corrected chi connectivity index (χ4v) is 6.45. The predicted octanol–water partition coefficient (Wildman–Crippen LogP) is -8.88. The average molecular weight is 765 g/mol. The summed E-state index contributed by atoms with van der Waals surface area (Å²) in [7, 11) is -10.5. The minimum Gasteiger partial charge on any atom is -0.394 e. The van der Waals surface area contributed by atoms with Crippen LogP contribution in [0, 0.1) is 0 Å². The van der Waals surface area contributed by atoms with E-state index in [1.54, 1.807) is 0 Å². The zero-order chi connectivity index (χ0) is 36.6. The Labute approximate surface area is 277 Å². The molecule has 4 saturated heterocycles. The van der Waals surface area contributed by atoms with Crippen molar-refractivity contribution < 1.29 is 108 Å². The Morgan fingerprint density at radius 3 is 1.57 bits per heavy atom. The van der Waals surface area contributed by atoms with Crippen LogP contribution in [0.25, 0.3) is 0 Å². The lowest BCUT2D eigenvalue weighted by molar-refractivity contribution is -0.354. The van der Waals surface area contributed by atoms with Gasteiger partial charge in [0.1, 0.15) is 61.0 Å². The van der Waals surface area contributed by atoms with Crippen LogP contribution in [0.5, 0.6) is 0 Å². The molecule has 49 heavy (non-hydrogen) atoms. The maximum Gasteiger partial charge on any atom is 0.397 e. The predicted molar refractivity (Wildman–Crippen MR) is 147 cm³/mol. The van der Waals surface area contributed by atoms with Crippen LogP contribution in [-0.2, 0) is 62.3 Å². The molecular formula is C22H40N2O23S2. The molecule has 4 aliphatic heterocycles. The largest absolute Gasteiger partial charge is 0.397 e. The first-order valence-electron chi connectivity index (χ1n) is 14.4. The summed E-state index contributed by atoms with van der Waals surface area (Å²) in [6.07, 6.45) is -28.6. The summed E-state index contributed by atoms with van der Waals surface area (Å²) >= 11 is 0. The molecule has 0 aliphatic carbocycles. The van der Waals surface area contributed by atoms with Gasteiger partial charge >= 0.3 is 20.8 Å². The van der Waals surface area contributed by atoms with Crippen molar-refractivity contribution in [2.45, 2.75) is 110 Å². The number of nitrogens with two attached hydrogens (primary N) is 2. The Kier molecular flexibility index (Phi) is 13.7. The van der Waals surface area contributed by atoms with Gasteiger partial charge in [0.05, 0.1) is 38.5 Å². The number of ether oxygens (including phenoxy) is 7. The van der Waals surface area contributed by atoms with Gasteiger partial charge in [0, 0.05) is 0 Å². The molecule has 14 N–H and O–H groups in total. The highest BCUT2D eigenvalue weighted by molar-refractivity contribution is 7.81. The first-order valence-corrected chi connectivity index (χ1v) is 17.1. The van der Waals surface area contributed by atoms with Crippen LogP contribution >= 0.6 is 0 Å². The fraction of sp³-hybridized carbons (Fsp3) is 1.00. The van der Waals surface area contributed by atoms with Crippen LogP contribution in [-0.4, -0.2) is 204 Å². The molecule has 18 atom stereocenters. The van der Waals surface area contributed by atoms with E-state index in [-0.39, 0.29) is 0 Å². The molecule has 4 fully saturated rings. The SMILES string of the molecule is NC1[C@@H](O[C@@H]2CO[C@@H](O[C@@H]3C(CO)O[C@H](O[C@H]4CO[C@H](O)C(OS(=O)(=O)O)C4O)C(N)[C@H]3O)C(OS(=O)(=O)O)[C@H]2O)OC(CO)[C@@H](O)[C@@H]1O. The third kappa shape index (κ3) is 9.74. The topological polar surface area (TPSA) is 406 Å². The molecule has 0 saturated carbocycles. The van der Waals surface area contributed by atoms with Gasteiger partial charge in [0.15, 0.2) is 37.4 Å². The number of rotatable bonds is 12. The van der Waals surface area contributed by atoms with E-state index in [4.69, 9.17) is 49.2 Å². The van der Waals surface area contributed by atoms with E-state index in [9.17, 15) is 62.2 Å². The van der Waals surface area contributed by atoms with E-state index in [1.807, 2.05) is 0 Å². The zero-order valence-electron chi connectivity index (χ0n) is 25.0. The second kappa shape index (κ2) is 16.4. The molecule has 0 spiro atoms. The van der Waals surface area contributed by atoms with Gasteiger partial charge in [-0.3, -0.25) is 9.11 Å². The van der Waals surface area contributed by atoms with Crippen molar-refractivity contribution in [1.29, 1.82) is 0 Å². The highest BCUT2D eigenvalue weighted by Crippen LogP contribution is 2.32. The molecule has 25 nitrogen and oxygen atoms in total. The van der Waals surface area contributed by atoms with Crippen molar-refractivity contribution in [3.05, 3.63) is 0 Å². The summed E-state index contributed by atoms with van der Waals surface area (Å²) in [6.45, 7) is -2.99. The summed E-state index contributed by atoms with van der Waals surface area (Å²) in [5.41, 5.74) is 11.9. The smallest absolute Gasteiger partial charge is 0.394 e. The lowest BCUT2D eigenvalue weighted by atomic mass is 9.96. The molecule has 0 amide bonds. The molecule has 27 heteroatoms. The van der Waals surface area contributed by atoms with E-state index < -0.39 is 158 Å². The fourth-order valence-electron chi connectivity index (χ4n) is 5.47. The van der Waals surface area contributed by atoms with Crippen molar-refractivity contribution in [1.82, 2.24) is 0 Å². The van der Waals surface area contributed by atoms with Crippen molar-refractivity contribution >= 4 is 20.8 Å². The monoisotopic (exact) mass is 764 g/mol. The number of hydrogen-bond donors (Lipinski definition) is 12. The summed E-state index contributed by atoms with van der Waals surface area (Å²) in [4.78, 5) is 0. The van der Waals surface area contributed by atoms with Gasteiger partial charge in [-0.25, -0.2) is 8.37 Å². The molecule has 4 heterocycles. The molecule has 0 radical (unpaired) electrons. The molecule has 288 valence electrons. The van der Waals surface area contributed by atoms with Crippen LogP contribution < -0.4 is 11.5 Å². The van der Waals surface area contributed by atoms with Gasteiger partial charge in [0.25, 0.3) is 0 Å². The molecule has 0 aromatic rings. The van der Waals surface area contributed by atoms with Crippen molar-refractivity contribution in [2.75, 3.05) is 26.4 Å². The summed E-state index contributed by atoms with van der Waals surface area (Å²) in [5, 5.41) is 82.0. The van der Waals surface area contributed by atoms with Crippen LogP contribution in [0.2, 0.25) is 0 Å². The molecule has 0 bridgehead atoms. The van der Waals surface area contributed by atoms with E-state index in [1.165, 1.54) is 0 Å². The molecule has 7 unspecified atom stereocenters.